The van der Waals surface area contributed by atoms with Crippen molar-refractivity contribution in [3.63, 3.8) is 0 Å². The number of amides is 1. The van der Waals surface area contributed by atoms with Crippen LogP contribution in [0.1, 0.15) is 16.7 Å². The number of aryl methyl sites for hydroxylation is 1. The molecule has 0 saturated carbocycles. The van der Waals surface area contributed by atoms with Gasteiger partial charge in [0.15, 0.2) is 0 Å². The molecule has 2 aromatic carbocycles. The number of aromatic amines is 1. The summed E-state index contributed by atoms with van der Waals surface area (Å²) in [5.74, 6) is -1.56. The van der Waals surface area contributed by atoms with Gasteiger partial charge in [-0.1, -0.05) is 0 Å². The second-order valence-corrected chi connectivity index (χ2v) is 7.72. The van der Waals surface area contributed by atoms with Gasteiger partial charge in [-0.05, 0) is 48.4 Å². The van der Waals surface area contributed by atoms with E-state index in [1.165, 1.54) is 19.2 Å². The number of rotatable bonds is 7. The van der Waals surface area contributed by atoms with Crippen LogP contribution in [0, 0.1) is 6.92 Å². The number of aromatic hydroxyl groups is 1. The molecule has 0 spiro atoms. The third-order valence-corrected chi connectivity index (χ3v) is 5.63. The van der Waals surface area contributed by atoms with E-state index in [0.29, 0.717) is 38.7 Å². The van der Waals surface area contributed by atoms with Gasteiger partial charge in [0, 0.05) is 35.0 Å². The Balaban J connectivity index is 1.56. The van der Waals surface area contributed by atoms with Crippen LogP contribution >= 0.6 is 0 Å². The van der Waals surface area contributed by atoms with E-state index >= 15 is 0 Å². The van der Waals surface area contributed by atoms with Crippen LogP contribution in [0.15, 0.2) is 51.8 Å². The molecule has 0 aliphatic heterocycles. The first kappa shape index (κ1) is 21.9. The molecule has 0 unspecified atom stereocenters. The van der Waals surface area contributed by atoms with Crippen LogP contribution < -0.4 is 20.8 Å². The third kappa shape index (κ3) is 4.38. The van der Waals surface area contributed by atoms with Gasteiger partial charge in [0.05, 0.1) is 31.1 Å². The van der Waals surface area contributed by atoms with Crippen molar-refractivity contribution in [3.05, 3.63) is 69.7 Å². The summed E-state index contributed by atoms with van der Waals surface area (Å²) in [5, 5.41) is 25.1. The second kappa shape index (κ2) is 8.70. The SMILES string of the molecule is COc1ccc2c(C)c(CC(=O)N[C@@H](Cc3c[nH]c4ccc(O)cc34)C(=O)[O-])c(=O)oc2c1. The number of hydrogen-bond donors (Lipinski definition) is 3. The predicted octanol–water partition coefficient (Wildman–Crippen LogP) is 1.32. The van der Waals surface area contributed by atoms with Crippen molar-refractivity contribution in [2.24, 2.45) is 0 Å². The highest BCUT2D eigenvalue weighted by atomic mass is 16.5. The topological polar surface area (TPSA) is 145 Å². The molecule has 0 aliphatic carbocycles. The van der Waals surface area contributed by atoms with Gasteiger partial charge < -0.3 is 34.5 Å². The lowest BCUT2D eigenvalue weighted by Crippen LogP contribution is -2.49. The molecule has 0 fully saturated rings. The number of H-pyrrole nitrogens is 1. The van der Waals surface area contributed by atoms with E-state index in [9.17, 15) is 24.6 Å². The molecular formula is C24H21N2O7-. The number of carboxylic acids is 1. The molecular weight excluding hydrogens is 428 g/mol. The molecule has 1 atom stereocenters. The summed E-state index contributed by atoms with van der Waals surface area (Å²) in [6.45, 7) is 1.70. The Bertz CT molecular complexity index is 1430. The van der Waals surface area contributed by atoms with Gasteiger partial charge in [-0.15, -0.1) is 0 Å². The number of carbonyl (C=O) groups excluding carboxylic acids is 2. The first-order valence-corrected chi connectivity index (χ1v) is 10.2. The van der Waals surface area contributed by atoms with Crippen molar-refractivity contribution in [3.8, 4) is 11.5 Å². The number of aromatic nitrogens is 1. The van der Waals surface area contributed by atoms with E-state index in [-0.39, 0.29) is 24.2 Å². The van der Waals surface area contributed by atoms with Crippen LogP contribution in [0.5, 0.6) is 11.5 Å². The quantitative estimate of drug-likeness (QED) is 0.361. The standard InChI is InChI=1S/C24H22N2O7/c1-12-16-5-4-15(32-2)9-21(16)33-24(31)17(12)10-22(28)26-20(23(29)30)7-13-11-25-19-6-3-14(27)8-18(13)19/h3-6,8-9,11,20,25,27H,7,10H2,1-2H3,(H,26,28)(H,29,30)/p-1/t20-/m0/s1. The van der Waals surface area contributed by atoms with Crippen molar-refractivity contribution in [1.29, 1.82) is 0 Å². The Labute approximate surface area is 187 Å². The summed E-state index contributed by atoms with van der Waals surface area (Å²) in [4.78, 5) is 39.9. The third-order valence-electron chi connectivity index (χ3n) is 5.63. The summed E-state index contributed by atoms with van der Waals surface area (Å²) >= 11 is 0. The molecule has 9 heteroatoms. The molecule has 33 heavy (non-hydrogen) atoms. The fourth-order valence-electron chi connectivity index (χ4n) is 3.86. The fraction of sp³-hybridized carbons (Fsp3) is 0.208. The van der Waals surface area contributed by atoms with Crippen LogP contribution in [0.25, 0.3) is 21.9 Å². The summed E-state index contributed by atoms with van der Waals surface area (Å²) in [7, 11) is 1.50. The number of ether oxygens (including phenoxy) is 1. The smallest absolute Gasteiger partial charge is 0.340 e. The van der Waals surface area contributed by atoms with Gasteiger partial charge in [0.25, 0.3) is 0 Å². The fourth-order valence-corrected chi connectivity index (χ4v) is 3.86. The van der Waals surface area contributed by atoms with E-state index < -0.39 is 23.5 Å². The Morgan fingerprint density at radius 3 is 2.73 bits per heavy atom. The number of methoxy groups -OCH3 is 1. The second-order valence-electron chi connectivity index (χ2n) is 7.72. The number of hydrogen-bond acceptors (Lipinski definition) is 7. The zero-order valence-electron chi connectivity index (χ0n) is 17.9. The predicted molar refractivity (Wildman–Crippen MR) is 118 cm³/mol. The maximum atomic E-state index is 12.7. The zero-order chi connectivity index (χ0) is 23.7. The van der Waals surface area contributed by atoms with Gasteiger partial charge in [-0.3, -0.25) is 4.79 Å². The Kier molecular flexibility index (Phi) is 5.78. The van der Waals surface area contributed by atoms with E-state index in [1.807, 2.05) is 0 Å². The molecule has 2 heterocycles. The minimum absolute atomic E-state index is 0.0357. The highest BCUT2D eigenvalue weighted by molar-refractivity contribution is 5.89. The number of nitrogens with one attached hydrogen (secondary N) is 2. The lowest BCUT2D eigenvalue weighted by Gasteiger charge is -2.20. The average molecular weight is 449 g/mol. The van der Waals surface area contributed by atoms with Crippen molar-refractivity contribution in [2.45, 2.75) is 25.8 Å². The molecule has 2 aromatic heterocycles. The molecule has 9 nitrogen and oxygen atoms in total. The minimum Gasteiger partial charge on any atom is -0.548 e. The van der Waals surface area contributed by atoms with E-state index in [1.54, 1.807) is 37.4 Å². The lowest BCUT2D eigenvalue weighted by molar-refractivity contribution is -0.308. The van der Waals surface area contributed by atoms with Crippen LogP contribution in [-0.2, 0) is 22.4 Å². The van der Waals surface area contributed by atoms with Crippen molar-refractivity contribution < 1.29 is 29.0 Å². The van der Waals surface area contributed by atoms with Crippen LogP contribution in [-0.4, -0.2) is 35.1 Å². The van der Waals surface area contributed by atoms with Crippen LogP contribution in [0.2, 0.25) is 0 Å². The van der Waals surface area contributed by atoms with Crippen LogP contribution in [0.3, 0.4) is 0 Å². The lowest BCUT2D eigenvalue weighted by atomic mass is 10.0. The largest absolute Gasteiger partial charge is 0.548 e. The molecule has 4 rings (SSSR count). The summed E-state index contributed by atoms with van der Waals surface area (Å²) < 4.78 is 10.5. The summed E-state index contributed by atoms with van der Waals surface area (Å²) in [6.07, 6.45) is 1.19. The number of carbonyl (C=O) groups is 2. The summed E-state index contributed by atoms with van der Waals surface area (Å²) in [5.41, 5.74) is 1.66. The highest BCUT2D eigenvalue weighted by Crippen LogP contribution is 2.25. The normalized spacial score (nSPS) is 12.1. The molecule has 4 aromatic rings. The average Bonchev–Trinajstić information content (AvgIpc) is 3.17. The first-order chi connectivity index (χ1) is 15.8. The molecule has 0 saturated heterocycles. The zero-order valence-corrected chi connectivity index (χ0v) is 17.9. The number of carboxylic acid groups (broad SMARTS) is 1. The summed E-state index contributed by atoms with van der Waals surface area (Å²) in [6, 6.07) is 8.36. The maximum Gasteiger partial charge on any atom is 0.340 e. The molecule has 3 N–H and O–H groups in total. The van der Waals surface area contributed by atoms with E-state index in [0.717, 1.165) is 0 Å². The van der Waals surface area contributed by atoms with E-state index in [4.69, 9.17) is 9.15 Å². The Morgan fingerprint density at radius 2 is 2.00 bits per heavy atom. The van der Waals surface area contributed by atoms with Gasteiger partial charge >= 0.3 is 5.63 Å². The number of phenolic OH excluding ortho intramolecular Hbond substituents is 1. The first-order valence-electron chi connectivity index (χ1n) is 10.2. The highest BCUT2D eigenvalue weighted by Gasteiger charge is 2.20. The molecule has 1 amide bonds. The minimum atomic E-state index is -1.47. The van der Waals surface area contributed by atoms with E-state index in [2.05, 4.69) is 10.3 Å². The molecule has 0 aliphatic rings. The number of fused-ring (bicyclic) bond motifs is 2. The molecule has 170 valence electrons. The van der Waals surface area contributed by atoms with Crippen molar-refractivity contribution >= 4 is 33.7 Å². The number of aliphatic carboxylic acids is 1. The van der Waals surface area contributed by atoms with Crippen molar-refractivity contribution in [2.75, 3.05) is 7.11 Å². The molecule has 0 radical (unpaired) electrons. The molecule has 0 bridgehead atoms. The number of benzene rings is 2. The maximum absolute atomic E-state index is 12.7. The Hall–Kier alpha value is -4.27. The monoisotopic (exact) mass is 449 g/mol. The van der Waals surface area contributed by atoms with Crippen LogP contribution in [0.4, 0.5) is 0 Å². The van der Waals surface area contributed by atoms with Gasteiger partial charge in [-0.2, -0.15) is 0 Å². The Morgan fingerprint density at radius 1 is 1.21 bits per heavy atom. The van der Waals surface area contributed by atoms with Crippen molar-refractivity contribution in [1.82, 2.24) is 10.3 Å². The van der Waals surface area contributed by atoms with Gasteiger partial charge in [0.1, 0.15) is 17.1 Å². The van der Waals surface area contributed by atoms with Gasteiger partial charge in [0.2, 0.25) is 5.91 Å². The van der Waals surface area contributed by atoms with Gasteiger partial charge in [-0.25, -0.2) is 4.79 Å². The number of phenols is 1.